The Labute approximate surface area is 203 Å². The zero-order chi connectivity index (χ0) is 25.2. The van der Waals surface area contributed by atoms with E-state index in [1.807, 2.05) is 33.8 Å². The minimum Gasteiger partial charge on any atom is -0.492 e. The second kappa shape index (κ2) is 10.0. The van der Waals surface area contributed by atoms with Crippen molar-refractivity contribution in [1.82, 2.24) is 19.4 Å². The van der Waals surface area contributed by atoms with Gasteiger partial charge in [0.15, 0.2) is 0 Å². The summed E-state index contributed by atoms with van der Waals surface area (Å²) in [5.74, 6) is 0.412. The molecule has 3 aromatic rings. The van der Waals surface area contributed by atoms with Crippen LogP contribution in [0.1, 0.15) is 33.5 Å². The van der Waals surface area contributed by atoms with Crippen LogP contribution in [0.4, 0.5) is 9.18 Å². The van der Waals surface area contributed by atoms with E-state index in [0.29, 0.717) is 67.5 Å². The van der Waals surface area contributed by atoms with Gasteiger partial charge in [-0.15, -0.1) is 0 Å². The van der Waals surface area contributed by atoms with Crippen LogP contribution >= 0.6 is 0 Å². The number of amides is 1. The lowest BCUT2D eigenvalue weighted by molar-refractivity contribution is 0.0136. The number of hydrogen-bond acceptors (Lipinski definition) is 6. The summed E-state index contributed by atoms with van der Waals surface area (Å²) in [6.07, 6.45) is -0.334. The van der Waals surface area contributed by atoms with Crippen molar-refractivity contribution in [2.24, 2.45) is 0 Å². The number of halogens is 1. The maximum atomic E-state index is 14.3. The van der Waals surface area contributed by atoms with Crippen LogP contribution in [0.25, 0.3) is 16.6 Å². The van der Waals surface area contributed by atoms with Crippen LogP contribution in [-0.2, 0) is 11.3 Å². The highest BCUT2D eigenvalue weighted by atomic mass is 19.1. The molecule has 0 atom stereocenters. The molecule has 0 unspecified atom stereocenters. The fraction of sp³-hybridized carbons (Fsp3) is 0.423. The number of hydrogen-bond donors (Lipinski definition) is 0. The van der Waals surface area contributed by atoms with E-state index in [1.54, 1.807) is 23.1 Å². The first kappa shape index (κ1) is 24.7. The number of carbonyl (C=O) groups is 1. The number of rotatable bonds is 5. The number of benzene rings is 2. The van der Waals surface area contributed by atoms with Crippen LogP contribution in [0.5, 0.6) is 5.75 Å². The molecule has 0 radical (unpaired) electrons. The van der Waals surface area contributed by atoms with Crippen molar-refractivity contribution in [1.29, 1.82) is 0 Å². The van der Waals surface area contributed by atoms with Crippen LogP contribution in [0.15, 0.2) is 47.3 Å². The molecule has 1 saturated heterocycles. The van der Waals surface area contributed by atoms with E-state index in [0.717, 1.165) is 0 Å². The lowest BCUT2D eigenvalue weighted by Crippen LogP contribution is -2.50. The summed E-state index contributed by atoms with van der Waals surface area (Å²) in [6.45, 7) is 10.2. The van der Waals surface area contributed by atoms with Gasteiger partial charge in [-0.25, -0.2) is 14.2 Å². The number of para-hydroxylation sites is 1. The summed E-state index contributed by atoms with van der Waals surface area (Å²) in [5.41, 5.74) is 0.0512. The molecule has 2 aromatic carbocycles. The summed E-state index contributed by atoms with van der Waals surface area (Å²) in [6, 6.07) is 11.2. The van der Waals surface area contributed by atoms with Crippen molar-refractivity contribution in [2.45, 2.75) is 39.8 Å². The van der Waals surface area contributed by atoms with Crippen molar-refractivity contribution in [3.63, 3.8) is 0 Å². The van der Waals surface area contributed by atoms with Crippen molar-refractivity contribution in [3.05, 3.63) is 64.5 Å². The molecule has 1 aliphatic rings. The second-order valence-corrected chi connectivity index (χ2v) is 9.47. The number of carbonyl (C=O) groups excluding carboxylic acids is 1. The average Bonchev–Trinajstić information content (AvgIpc) is 2.80. The van der Waals surface area contributed by atoms with Crippen LogP contribution in [0.2, 0.25) is 0 Å². The van der Waals surface area contributed by atoms with E-state index < -0.39 is 11.4 Å². The van der Waals surface area contributed by atoms with Crippen LogP contribution in [-0.4, -0.2) is 63.8 Å². The Balaban J connectivity index is 1.67. The zero-order valence-electron chi connectivity index (χ0n) is 20.6. The third-order valence-corrected chi connectivity index (χ3v) is 5.70. The molecule has 1 aromatic heterocycles. The Morgan fingerprint density at radius 3 is 2.49 bits per heavy atom. The molecular weight excluding hydrogens is 451 g/mol. The molecule has 1 fully saturated rings. The number of fused-ring (bicyclic) bond motifs is 1. The van der Waals surface area contributed by atoms with E-state index >= 15 is 0 Å². The molecule has 0 saturated carbocycles. The predicted octanol–water partition coefficient (Wildman–Crippen LogP) is 3.98. The van der Waals surface area contributed by atoms with Gasteiger partial charge in [-0.2, -0.15) is 0 Å². The number of nitrogens with zero attached hydrogens (tertiary/aromatic N) is 4. The molecule has 2 heterocycles. The van der Waals surface area contributed by atoms with Gasteiger partial charge in [0.05, 0.1) is 29.7 Å². The quantitative estimate of drug-likeness (QED) is 0.548. The van der Waals surface area contributed by atoms with Gasteiger partial charge in [-0.1, -0.05) is 12.1 Å². The Hall–Kier alpha value is -3.46. The van der Waals surface area contributed by atoms with Gasteiger partial charge in [-0.05, 0) is 52.0 Å². The molecule has 0 bridgehead atoms. The highest BCUT2D eigenvalue weighted by molar-refractivity contribution is 5.78. The molecule has 4 rings (SSSR count). The summed E-state index contributed by atoms with van der Waals surface area (Å²) in [7, 11) is 0. The zero-order valence-corrected chi connectivity index (χ0v) is 20.6. The Morgan fingerprint density at radius 2 is 1.80 bits per heavy atom. The average molecular weight is 483 g/mol. The van der Waals surface area contributed by atoms with E-state index in [1.165, 1.54) is 22.8 Å². The van der Waals surface area contributed by atoms with Crippen molar-refractivity contribution in [3.8, 4) is 11.4 Å². The molecule has 0 aliphatic carbocycles. The molecule has 9 heteroatoms. The Bertz CT molecular complexity index is 1280. The number of piperazine rings is 1. The van der Waals surface area contributed by atoms with Crippen LogP contribution in [0.3, 0.4) is 0 Å². The summed E-state index contributed by atoms with van der Waals surface area (Å²) < 4.78 is 26.9. The molecule has 35 heavy (non-hydrogen) atoms. The monoisotopic (exact) mass is 482 g/mol. The third kappa shape index (κ3) is 5.62. The van der Waals surface area contributed by atoms with Gasteiger partial charge >= 0.3 is 6.09 Å². The largest absolute Gasteiger partial charge is 0.492 e. The Morgan fingerprint density at radius 1 is 1.09 bits per heavy atom. The maximum absolute atomic E-state index is 14.3. The van der Waals surface area contributed by atoms with Gasteiger partial charge in [0.2, 0.25) is 0 Å². The summed E-state index contributed by atoms with van der Waals surface area (Å²) in [4.78, 5) is 34.6. The van der Waals surface area contributed by atoms with E-state index in [9.17, 15) is 14.0 Å². The van der Waals surface area contributed by atoms with E-state index in [-0.39, 0.29) is 11.7 Å². The predicted molar refractivity (Wildman–Crippen MR) is 132 cm³/mol. The summed E-state index contributed by atoms with van der Waals surface area (Å²) in [5, 5.41) is 0.442. The smallest absolute Gasteiger partial charge is 0.410 e. The fourth-order valence-corrected chi connectivity index (χ4v) is 4.09. The first-order valence-corrected chi connectivity index (χ1v) is 11.8. The van der Waals surface area contributed by atoms with Gasteiger partial charge in [-0.3, -0.25) is 14.3 Å². The standard InChI is InChI=1S/C26H31FN4O4/c1-5-34-22-11-10-18(27)16-21(22)31-23(28-20-9-7-6-8-19(20)24(31)32)17-29-12-14-30(15-13-29)25(33)35-26(2,3)4/h6-11,16H,5,12-15,17H2,1-4H3. The lowest BCUT2D eigenvalue weighted by Gasteiger charge is -2.35. The van der Waals surface area contributed by atoms with E-state index in [2.05, 4.69) is 4.90 Å². The van der Waals surface area contributed by atoms with Crippen molar-refractivity contribution < 1.29 is 18.7 Å². The molecular formula is C26H31FN4O4. The third-order valence-electron chi connectivity index (χ3n) is 5.70. The molecule has 186 valence electrons. The highest BCUT2D eigenvalue weighted by Crippen LogP contribution is 2.25. The van der Waals surface area contributed by atoms with Crippen molar-refractivity contribution >= 4 is 17.0 Å². The topological polar surface area (TPSA) is 76.9 Å². The Kier molecular flexibility index (Phi) is 7.07. The highest BCUT2D eigenvalue weighted by Gasteiger charge is 2.27. The lowest BCUT2D eigenvalue weighted by atomic mass is 10.2. The number of ether oxygens (including phenoxy) is 2. The molecule has 8 nitrogen and oxygen atoms in total. The van der Waals surface area contributed by atoms with Gasteiger partial charge in [0, 0.05) is 32.2 Å². The first-order valence-electron chi connectivity index (χ1n) is 11.8. The number of aromatic nitrogens is 2. The minimum atomic E-state index is -0.553. The SMILES string of the molecule is CCOc1ccc(F)cc1-n1c(CN2CCN(C(=O)OC(C)(C)C)CC2)nc2ccccc2c1=O. The first-order chi connectivity index (χ1) is 16.7. The van der Waals surface area contributed by atoms with Crippen LogP contribution < -0.4 is 10.3 Å². The molecule has 0 spiro atoms. The minimum absolute atomic E-state index is 0.287. The van der Waals surface area contributed by atoms with Gasteiger partial charge < -0.3 is 14.4 Å². The molecule has 1 amide bonds. The van der Waals surface area contributed by atoms with E-state index in [4.69, 9.17) is 14.5 Å². The fourth-order valence-electron chi connectivity index (χ4n) is 4.09. The summed E-state index contributed by atoms with van der Waals surface area (Å²) >= 11 is 0. The maximum Gasteiger partial charge on any atom is 0.410 e. The molecule has 1 aliphatic heterocycles. The van der Waals surface area contributed by atoms with Gasteiger partial charge in [0.25, 0.3) is 5.56 Å². The molecule has 0 N–H and O–H groups in total. The second-order valence-electron chi connectivity index (χ2n) is 9.47. The normalized spacial score (nSPS) is 14.8. The van der Waals surface area contributed by atoms with Gasteiger partial charge in [0.1, 0.15) is 23.0 Å². The van der Waals surface area contributed by atoms with Crippen LogP contribution in [0, 0.1) is 5.82 Å². The van der Waals surface area contributed by atoms with Crippen molar-refractivity contribution in [2.75, 3.05) is 32.8 Å².